The summed E-state index contributed by atoms with van der Waals surface area (Å²) in [6.45, 7) is 13.5. The van der Waals surface area contributed by atoms with E-state index < -0.39 is 0 Å². The van der Waals surface area contributed by atoms with Gasteiger partial charge in [-0.2, -0.15) is 0 Å². The lowest BCUT2D eigenvalue weighted by Gasteiger charge is -2.27. The molecule has 36 heavy (non-hydrogen) atoms. The molecule has 0 saturated carbocycles. The minimum absolute atomic E-state index is 0.0868. The summed E-state index contributed by atoms with van der Waals surface area (Å²) in [6, 6.07) is 12.1. The number of aromatic amines is 1. The molecule has 0 aliphatic carbocycles. The van der Waals surface area contributed by atoms with E-state index in [2.05, 4.69) is 42.0 Å². The minimum Gasteiger partial charge on any atom is -0.454 e. The molecule has 7 nitrogen and oxygen atoms in total. The maximum Gasteiger partial charge on any atom is 0.253 e. The molecule has 4 rings (SSSR count). The fraction of sp³-hybridized carbons (Fsp3) is 0.429. The number of thiocarbonyl (C=S) groups is 1. The second kappa shape index (κ2) is 11.8. The van der Waals surface area contributed by atoms with Crippen LogP contribution in [-0.4, -0.2) is 52.9 Å². The molecule has 1 aliphatic rings. The van der Waals surface area contributed by atoms with E-state index in [0.29, 0.717) is 23.8 Å². The Labute approximate surface area is 218 Å². The lowest BCUT2D eigenvalue weighted by Crippen LogP contribution is -2.41. The summed E-state index contributed by atoms with van der Waals surface area (Å²) in [7, 11) is 0. The van der Waals surface area contributed by atoms with Crippen molar-refractivity contribution < 1.29 is 9.47 Å². The Hall–Kier alpha value is -3.10. The van der Waals surface area contributed by atoms with E-state index in [0.717, 1.165) is 71.7 Å². The zero-order valence-corrected chi connectivity index (χ0v) is 22.5. The number of ether oxygens (including phenoxy) is 2. The third-order valence-electron chi connectivity index (χ3n) is 6.80. The topological polar surface area (TPSA) is 69.8 Å². The molecule has 2 N–H and O–H groups in total. The van der Waals surface area contributed by atoms with Crippen molar-refractivity contribution >= 4 is 28.2 Å². The van der Waals surface area contributed by atoms with Gasteiger partial charge in [-0.3, -0.25) is 4.79 Å². The quantitative estimate of drug-likeness (QED) is 0.309. The molecule has 0 spiro atoms. The number of hydrogen-bond acceptors (Lipinski definition) is 5. The third-order valence-corrected chi connectivity index (χ3v) is 7.20. The fourth-order valence-corrected chi connectivity index (χ4v) is 4.78. The van der Waals surface area contributed by atoms with Crippen LogP contribution in [0.3, 0.4) is 0 Å². The van der Waals surface area contributed by atoms with Gasteiger partial charge in [0.2, 0.25) is 6.79 Å². The molecule has 1 aromatic heterocycles. The molecular weight excluding hydrogens is 472 g/mol. The van der Waals surface area contributed by atoms with Gasteiger partial charge in [-0.15, -0.1) is 0 Å². The first kappa shape index (κ1) is 26.0. The standard InChI is InChI=1S/C28H36N4O3S/c1-5-31(6-2)13-7-12-29-28(36)32(16-21-10-11-24-25(14-21)35-18-34-24)17-22-15-23-19(3)8-9-20(4)26(23)30-27(22)33/h8-11,14-15H,5-7,12-13,16-18H2,1-4H3,(H,29,36)(H,30,33). The molecule has 0 saturated heterocycles. The van der Waals surface area contributed by atoms with Crippen LogP contribution in [0.15, 0.2) is 41.2 Å². The molecule has 0 unspecified atom stereocenters. The highest BCUT2D eigenvalue weighted by Gasteiger charge is 2.18. The van der Waals surface area contributed by atoms with Crippen molar-refractivity contribution in [3.63, 3.8) is 0 Å². The minimum atomic E-state index is -0.0868. The summed E-state index contributed by atoms with van der Waals surface area (Å²) in [5.41, 5.74) is 4.72. The Morgan fingerprint density at radius 3 is 2.56 bits per heavy atom. The Balaban J connectivity index is 1.55. The first-order valence-electron chi connectivity index (χ1n) is 12.6. The predicted octanol–water partition coefficient (Wildman–Crippen LogP) is 4.48. The monoisotopic (exact) mass is 508 g/mol. The first-order chi connectivity index (χ1) is 17.4. The van der Waals surface area contributed by atoms with Crippen molar-refractivity contribution in [2.24, 2.45) is 0 Å². The average Bonchev–Trinajstić information content (AvgIpc) is 3.34. The van der Waals surface area contributed by atoms with Gasteiger partial charge in [-0.05, 0) is 87.0 Å². The molecule has 0 radical (unpaired) electrons. The maximum absolute atomic E-state index is 13.1. The molecule has 2 heterocycles. The van der Waals surface area contributed by atoms with E-state index in [1.54, 1.807) is 0 Å². The summed E-state index contributed by atoms with van der Waals surface area (Å²) >= 11 is 5.83. The normalized spacial score (nSPS) is 12.4. The summed E-state index contributed by atoms with van der Waals surface area (Å²) in [4.78, 5) is 20.6. The van der Waals surface area contributed by atoms with Crippen molar-refractivity contribution in [3.05, 3.63) is 69.0 Å². The van der Waals surface area contributed by atoms with Crippen LogP contribution in [0.5, 0.6) is 11.5 Å². The maximum atomic E-state index is 13.1. The second-order valence-electron chi connectivity index (χ2n) is 9.27. The van der Waals surface area contributed by atoms with Crippen LogP contribution in [0.4, 0.5) is 0 Å². The van der Waals surface area contributed by atoms with Gasteiger partial charge < -0.3 is 29.6 Å². The summed E-state index contributed by atoms with van der Waals surface area (Å²) < 4.78 is 11.0. The fourth-order valence-electron chi connectivity index (χ4n) is 4.55. The molecule has 3 aromatic rings. The molecule has 2 aromatic carbocycles. The number of rotatable bonds is 10. The van der Waals surface area contributed by atoms with Crippen LogP contribution in [0.1, 0.15) is 42.5 Å². The first-order valence-corrected chi connectivity index (χ1v) is 13.1. The van der Waals surface area contributed by atoms with Crippen LogP contribution in [-0.2, 0) is 13.1 Å². The molecule has 0 bridgehead atoms. The smallest absolute Gasteiger partial charge is 0.253 e. The molecule has 0 fully saturated rings. The van der Waals surface area contributed by atoms with Crippen molar-refractivity contribution in [3.8, 4) is 11.5 Å². The molecular formula is C28H36N4O3S. The summed E-state index contributed by atoms with van der Waals surface area (Å²) in [5.74, 6) is 1.49. The lowest BCUT2D eigenvalue weighted by atomic mass is 10.0. The van der Waals surface area contributed by atoms with Crippen LogP contribution in [0, 0.1) is 13.8 Å². The summed E-state index contributed by atoms with van der Waals surface area (Å²) in [5, 5.41) is 5.11. The number of benzene rings is 2. The zero-order valence-electron chi connectivity index (χ0n) is 21.6. The van der Waals surface area contributed by atoms with E-state index in [4.69, 9.17) is 21.7 Å². The van der Waals surface area contributed by atoms with Gasteiger partial charge in [-0.1, -0.05) is 32.0 Å². The summed E-state index contributed by atoms with van der Waals surface area (Å²) in [6.07, 6.45) is 0.995. The Bertz CT molecular complexity index is 1290. The van der Waals surface area contributed by atoms with Crippen LogP contribution >= 0.6 is 12.2 Å². The van der Waals surface area contributed by atoms with Gasteiger partial charge in [0.25, 0.3) is 5.56 Å². The van der Waals surface area contributed by atoms with Gasteiger partial charge >= 0.3 is 0 Å². The average molecular weight is 509 g/mol. The number of aryl methyl sites for hydroxylation is 2. The van der Waals surface area contributed by atoms with Crippen molar-refractivity contribution in [1.82, 2.24) is 20.1 Å². The van der Waals surface area contributed by atoms with E-state index in [-0.39, 0.29) is 12.4 Å². The Morgan fingerprint density at radius 2 is 1.78 bits per heavy atom. The zero-order chi connectivity index (χ0) is 25.7. The van der Waals surface area contributed by atoms with Gasteiger partial charge in [0, 0.05) is 24.0 Å². The highest BCUT2D eigenvalue weighted by Crippen LogP contribution is 2.33. The molecule has 1 aliphatic heterocycles. The Morgan fingerprint density at radius 1 is 1.03 bits per heavy atom. The van der Waals surface area contributed by atoms with Gasteiger partial charge in [0.1, 0.15) is 0 Å². The van der Waals surface area contributed by atoms with Crippen LogP contribution in [0.2, 0.25) is 0 Å². The number of pyridine rings is 1. The SMILES string of the molecule is CCN(CC)CCCNC(=S)N(Cc1ccc2c(c1)OCO2)Cc1cc2c(C)ccc(C)c2[nH]c1=O. The largest absolute Gasteiger partial charge is 0.454 e. The molecule has 192 valence electrons. The highest BCUT2D eigenvalue weighted by molar-refractivity contribution is 7.80. The van der Waals surface area contributed by atoms with Crippen LogP contribution < -0.4 is 20.3 Å². The molecule has 0 atom stereocenters. The lowest BCUT2D eigenvalue weighted by molar-refractivity contribution is 0.174. The number of nitrogens with one attached hydrogen (secondary N) is 2. The van der Waals surface area contributed by atoms with E-state index in [1.807, 2.05) is 42.2 Å². The molecule has 8 heteroatoms. The third kappa shape index (κ3) is 5.99. The molecule has 0 amide bonds. The number of aromatic nitrogens is 1. The van der Waals surface area contributed by atoms with E-state index in [1.165, 1.54) is 0 Å². The van der Waals surface area contributed by atoms with E-state index >= 15 is 0 Å². The number of H-pyrrole nitrogens is 1. The van der Waals surface area contributed by atoms with Crippen molar-refractivity contribution in [1.29, 1.82) is 0 Å². The number of fused-ring (bicyclic) bond motifs is 2. The number of nitrogens with zero attached hydrogens (tertiary/aromatic N) is 2. The van der Waals surface area contributed by atoms with Gasteiger partial charge in [0.05, 0.1) is 12.1 Å². The number of hydrogen-bond donors (Lipinski definition) is 2. The van der Waals surface area contributed by atoms with Crippen LogP contribution in [0.25, 0.3) is 10.9 Å². The van der Waals surface area contributed by atoms with Crippen molar-refractivity contribution in [2.45, 2.75) is 47.2 Å². The van der Waals surface area contributed by atoms with Gasteiger partial charge in [-0.25, -0.2) is 0 Å². The highest BCUT2D eigenvalue weighted by atomic mass is 32.1. The van der Waals surface area contributed by atoms with E-state index in [9.17, 15) is 4.79 Å². The van der Waals surface area contributed by atoms with Crippen molar-refractivity contribution in [2.75, 3.05) is 33.0 Å². The van der Waals surface area contributed by atoms with Gasteiger partial charge in [0.15, 0.2) is 16.6 Å². The Kier molecular flexibility index (Phi) is 8.48. The second-order valence-corrected chi connectivity index (χ2v) is 9.65. The predicted molar refractivity (Wildman–Crippen MR) is 149 cm³/mol.